The van der Waals surface area contributed by atoms with Gasteiger partial charge in [0.2, 0.25) is 0 Å². The van der Waals surface area contributed by atoms with E-state index < -0.39 is 83.1 Å². The minimum absolute atomic E-state index is 0.216. The number of fused-ring (bicyclic) bond motifs is 7. The molecule has 190 valence electrons. The number of Topliss-reactive ketones (excluding diaryl/α,β-unsaturated/α-hetero) is 1. The zero-order valence-electron chi connectivity index (χ0n) is 20.3. The summed E-state index contributed by atoms with van der Waals surface area (Å²) in [6, 6.07) is 9.50. The first kappa shape index (κ1) is 23.7. The molecule has 0 radical (unpaired) electrons. The first-order chi connectivity index (χ1) is 16.5. The van der Waals surface area contributed by atoms with Crippen LogP contribution in [0.25, 0.3) is 0 Å². The summed E-state index contributed by atoms with van der Waals surface area (Å²) in [7, 11) is 0. The van der Waals surface area contributed by atoms with Crippen LogP contribution in [0.1, 0.15) is 45.5 Å². The van der Waals surface area contributed by atoms with Crippen molar-refractivity contribution in [1.29, 1.82) is 0 Å². The van der Waals surface area contributed by atoms with Gasteiger partial charge in [0, 0.05) is 23.3 Å². The number of ether oxygens (including phenoxy) is 3. The maximum absolute atomic E-state index is 13.3. The Labute approximate surface area is 204 Å². The standard InChI is InChI=1S/C27H34O8/c1-13(2)24-11-15(4)26(31)17-10-14(3)19(29)27(17,32)23(30)25(12-28)21(34-25)18(26)20(24)33-22(35-24)16-8-6-5-7-9-16/h5-9,14-15,17-18,20-23,28,30-32H,1,10-12H2,2-4H3/t14-,15+,17?,18?,20?,21-,22?,23+,24+,25-,26-,27+/m0/s1. The molecule has 6 rings (SSSR count). The highest BCUT2D eigenvalue weighted by Gasteiger charge is 2.84. The van der Waals surface area contributed by atoms with Crippen LogP contribution in [-0.2, 0) is 19.0 Å². The quantitative estimate of drug-likeness (QED) is 0.371. The van der Waals surface area contributed by atoms with Crippen molar-refractivity contribution in [1.82, 2.24) is 0 Å². The van der Waals surface area contributed by atoms with Crippen LogP contribution in [0, 0.1) is 23.7 Å². The van der Waals surface area contributed by atoms with E-state index in [1.54, 1.807) is 6.92 Å². The van der Waals surface area contributed by atoms with Crippen LogP contribution < -0.4 is 0 Å². The predicted octanol–water partition coefficient (Wildman–Crippen LogP) is 1.26. The monoisotopic (exact) mass is 486 g/mol. The second-order valence-electron chi connectivity index (χ2n) is 11.5. The van der Waals surface area contributed by atoms with Crippen molar-refractivity contribution in [2.24, 2.45) is 23.7 Å². The number of aliphatic hydroxyl groups is 4. The highest BCUT2D eigenvalue weighted by atomic mass is 16.7. The molecule has 8 heteroatoms. The molecule has 0 aromatic heterocycles. The van der Waals surface area contributed by atoms with E-state index in [-0.39, 0.29) is 6.42 Å². The van der Waals surface area contributed by atoms with Gasteiger partial charge in [0.1, 0.15) is 29.5 Å². The summed E-state index contributed by atoms with van der Waals surface area (Å²) >= 11 is 0. The molecule has 0 spiro atoms. The fraction of sp³-hybridized carbons (Fsp3) is 0.667. The highest BCUT2D eigenvalue weighted by Crippen LogP contribution is 2.68. The molecule has 2 heterocycles. The molecule has 4 unspecified atom stereocenters. The lowest BCUT2D eigenvalue weighted by molar-refractivity contribution is -0.236. The van der Waals surface area contributed by atoms with E-state index in [9.17, 15) is 25.2 Å². The van der Waals surface area contributed by atoms with Crippen molar-refractivity contribution < 1.29 is 39.4 Å². The number of hydrogen-bond acceptors (Lipinski definition) is 8. The van der Waals surface area contributed by atoms with Crippen LogP contribution in [0.4, 0.5) is 0 Å². The fourth-order valence-corrected chi connectivity index (χ4v) is 7.97. The van der Waals surface area contributed by atoms with Gasteiger partial charge in [-0.15, -0.1) is 0 Å². The van der Waals surface area contributed by atoms with Crippen molar-refractivity contribution >= 4 is 5.78 Å². The zero-order chi connectivity index (χ0) is 25.1. The zero-order valence-corrected chi connectivity index (χ0v) is 20.3. The number of carbonyl (C=O) groups excluding carboxylic acids is 1. The van der Waals surface area contributed by atoms with Crippen LogP contribution in [0.15, 0.2) is 42.5 Å². The molecule has 3 saturated carbocycles. The number of epoxide rings is 1. The van der Waals surface area contributed by atoms with Gasteiger partial charge >= 0.3 is 0 Å². The Balaban J connectivity index is 1.53. The molecule has 12 atom stereocenters. The van der Waals surface area contributed by atoms with Gasteiger partial charge in [-0.25, -0.2) is 0 Å². The average Bonchev–Trinajstić information content (AvgIpc) is 3.38. The van der Waals surface area contributed by atoms with Gasteiger partial charge in [0.25, 0.3) is 0 Å². The van der Waals surface area contributed by atoms with Crippen molar-refractivity contribution in [2.75, 3.05) is 6.61 Å². The molecule has 8 nitrogen and oxygen atoms in total. The van der Waals surface area contributed by atoms with E-state index >= 15 is 0 Å². The Morgan fingerprint density at radius 1 is 1.14 bits per heavy atom. The topological polar surface area (TPSA) is 129 Å². The summed E-state index contributed by atoms with van der Waals surface area (Å²) in [4.78, 5) is 13.3. The molecule has 3 aliphatic carbocycles. The second-order valence-corrected chi connectivity index (χ2v) is 11.5. The van der Waals surface area contributed by atoms with Crippen LogP contribution in [0.3, 0.4) is 0 Å². The van der Waals surface area contributed by atoms with Crippen LogP contribution in [-0.4, -0.2) is 73.5 Å². The second kappa shape index (κ2) is 7.22. The molecule has 1 aromatic rings. The van der Waals surface area contributed by atoms with Gasteiger partial charge < -0.3 is 34.6 Å². The number of aliphatic hydroxyl groups excluding tert-OH is 2. The fourth-order valence-electron chi connectivity index (χ4n) is 7.97. The van der Waals surface area contributed by atoms with E-state index in [0.29, 0.717) is 6.42 Å². The summed E-state index contributed by atoms with van der Waals surface area (Å²) in [5.41, 5.74) is -4.83. The number of rotatable bonds is 3. The van der Waals surface area contributed by atoms with E-state index in [4.69, 9.17) is 14.2 Å². The molecular formula is C27H34O8. The molecule has 2 saturated heterocycles. The molecular weight excluding hydrogens is 452 g/mol. The van der Waals surface area contributed by atoms with E-state index in [1.165, 1.54) is 0 Å². The smallest absolute Gasteiger partial charge is 0.185 e. The third kappa shape index (κ3) is 2.63. The lowest BCUT2D eigenvalue weighted by Gasteiger charge is -2.56. The summed E-state index contributed by atoms with van der Waals surface area (Å²) in [6.07, 6.45) is -3.40. The maximum atomic E-state index is 13.3. The largest absolute Gasteiger partial charge is 0.393 e. The minimum atomic E-state index is -2.24. The van der Waals surface area contributed by atoms with Crippen molar-refractivity contribution in [2.45, 2.75) is 80.6 Å². The van der Waals surface area contributed by atoms with E-state index in [0.717, 1.165) is 11.1 Å². The highest BCUT2D eigenvalue weighted by molar-refractivity contribution is 5.93. The molecule has 2 aliphatic heterocycles. The Hall–Kier alpha value is -1.65. The number of benzene rings is 1. The first-order valence-corrected chi connectivity index (χ1v) is 12.5. The summed E-state index contributed by atoms with van der Waals surface area (Å²) in [5.74, 6) is -3.28. The molecule has 35 heavy (non-hydrogen) atoms. The van der Waals surface area contributed by atoms with Crippen LogP contribution >= 0.6 is 0 Å². The van der Waals surface area contributed by atoms with Gasteiger partial charge in [-0.1, -0.05) is 50.8 Å². The molecule has 0 bridgehead atoms. The van der Waals surface area contributed by atoms with Gasteiger partial charge in [0.05, 0.1) is 12.2 Å². The van der Waals surface area contributed by atoms with E-state index in [2.05, 4.69) is 6.58 Å². The number of hydrogen-bond donors (Lipinski definition) is 4. The maximum Gasteiger partial charge on any atom is 0.185 e. The van der Waals surface area contributed by atoms with Gasteiger partial charge in [-0.2, -0.15) is 0 Å². The van der Waals surface area contributed by atoms with Crippen LogP contribution in [0.2, 0.25) is 0 Å². The minimum Gasteiger partial charge on any atom is -0.393 e. The Morgan fingerprint density at radius 3 is 2.46 bits per heavy atom. The number of carbonyl (C=O) groups is 1. The van der Waals surface area contributed by atoms with Crippen molar-refractivity contribution in [3.05, 3.63) is 48.0 Å². The average molecular weight is 487 g/mol. The summed E-state index contributed by atoms with van der Waals surface area (Å²) < 4.78 is 19.1. The number of ketones is 1. The molecule has 4 N–H and O–H groups in total. The predicted molar refractivity (Wildman–Crippen MR) is 123 cm³/mol. The van der Waals surface area contributed by atoms with Crippen molar-refractivity contribution in [3.63, 3.8) is 0 Å². The Morgan fingerprint density at radius 2 is 1.83 bits per heavy atom. The summed E-state index contributed by atoms with van der Waals surface area (Å²) in [5, 5.41) is 46.2. The van der Waals surface area contributed by atoms with Crippen molar-refractivity contribution in [3.8, 4) is 0 Å². The van der Waals surface area contributed by atoms with E-state index in [1.807, 2.05) is 44.2 Å². The molecule has 5 aliphatic rings. The third-order valence-electron chi connectivity index (χ3n) is 9.85. The lowest BCUT2D eigenvalue weighted by Crippen LogP contribution is -2.69. The van der Waals surface area contributed by atoms with Gasteiger partial charge in [-0.05, 0) is 31.3 Å². The normalized spacial score (nSPS) is 54.3. The van der Waals surface area contributed by atoms with Gasteiger partial charge in [0.15, 0.2) is 17.7 Å². The Bertz CT molecular complexity index is 1080. The molecule has 0 amide bonds. The Kier molecular flexibility index (Phi) is 4.90. The summed E-state index contributed by atoms with van der Waals surface area (Å²) in [6.45, 7) is 9.07. The SMILES string of the molecule is C=C(C)[C@]12C[C@@H](C)[C@@]3(O)C(C1OC(c1ccccc1)O2)[C@@H]1O[C@]1(CO)[C@@H](O)[C@]1(O)C(=O)[C@@H](C)CC31. The lowest BCUT2D eigenvalue weighted by atomic mass is 9.54. The first-order valence-electron chi connectivity index (χ1n) is 12.5. The molecule has 1 aromatic carbocycles. The molecule has 5 fully saturated rings. The van der Waals surface area contributed by atoms with Crippen LogP contribution in [0.5, 0.6) is 0 Å². The van der Waals surface area contributed by atoms with Gasteiger partial charge in [-0.3, -0.25) is 4.79 Å². The third-order valence-corrected chi connectivity index (χ3v) is 9.85.